The van der Waals surface area contributed by atoms with Crippen LogP contribution in [0.15, 0.2) is 24.3 Å². The predicted molar refractivity (Wildman–Crippen MR) is 92.8 cm³/mol. The number of nitrogens with one attached hydrogen (secondary N) is 1. The van der Waals surface area contributed by atoms with Gasteiger partial charge in [-0.3, -0.25) is 4.79 Å². The van der Waals surface area contributed by atoms with E-state index in [2.05, 4.69) is 17.2 Å². The number of rotatable bonds is 3. The molecule has 1 heterocycles. The number of carbonyl (C=O) groups excluding carboxylic acids is 1. The Labute approximate surface area is 140 Å². The van der Waals surface area contributed by atoms with E-state index in [0.29, 0.717) is 5.13 Å². The maximum absolute atomic E-state index is 12.6. The molecule has 0 aliphatic heterocycles. The van der Waals surface area contributed by atoms with E-state index in [4.69, 9.17) is 5.73 Å². The van der Waals surface area contributed by atoms with Crippen molar-refractivity contribution < 1.29 is 4.79 Å². The zero-order chi connectivity index (χ0) is 16.2. The number of amides is 1. The summed E-state index contributed by atoms with van der Waals surface area (Å²) in [5.74, 6) is 0.0492. The molecule has 3 fully saturated rings. The first-order chi connectivity index (χ1) is 10.9. The second-order valence-corrected chi connectivity index (χ2v) is 8.37. The van der Waals surface area contributed by atoms with Crippen molar-refractivity contribution in [1.29, 1.82) is 0 Å². The molecule has 3 aliphatic rings. The van der Waals surface area contributed by atoms with Crippen molar-refractivity contribution in [2.45, 2.75) is 50.5 Å². The van der Waals surface area contributed by atoms with Crippen molar-refractivity contribution >= 4 is 22.4 Å². The monoisotopic (exact) mass is 327 g/mol. The molecule has 0 radical (unpaired) electrons. The fraction of sp³-hybridized carbons (Fsp3) is 0.444. The number of hydrogen-bond donors (Lipinski definition) is 2. The van der Waals surface area contributed by atoms with E-state index < -0.39 is 0 Å². The van der Waals surface area contributed by atoms with Crippen molar-refractivity contribution in [3.63, 3.8) is 0 Å². The number of benzene rings is 1. The Morgan fingerprint density at radius 1 is 1.26 bits per heavy atom. The van der Waals surface area contributed by atoms with Crippen LogP contribution in [0.3, 0.4) is 0 Å². The summed E-state index contributed by atoms with van der Waals surface area (Å²) >= 11 is 1.57. The number of aryl methyl sites for hydroxylation is 2. The Morgan fingerprint density at radius 3 is 2.65 bits per heavy atom. The fourth-order valence-corrected chi connectivity index (χ4v) is 5.37. The second kappa shape index (κ2) is 4.81. The summed E-state index contributed by atoms with van der Waals surface area (Å²) in [5.41, 5.74) is 8.92. The van der Waals surface area contributed by atoms with Crippen molar-refractivity contribution in [2.24, 2.45) is 0 Å². The number of aromatic nitrogens is 1. The molecule has 120 valence electrons. The summed E-state index contributed by atoms with van der Waals surface area (Å²) in [4.78, 5) is 18.4. The average Bonchev–Trinajstić information content (AvgIpc) is 3.10. The molecule has 5 heteroatoms. The Kier molecular flexibility index (Phi) is 3.07. The van der Waals surface area contributed by atoms with Gasteiger partial charge in [0.1, 0.15) is 0 Å². The highest BCUT2D eigenvalue weighted by atomic mass is 32.1. The van der Waals surface area contributed by atoms with Crippen LogP contribution in [0.1, 0.15) is 52.2 Å². The van der Waals surface area contributed by atoms with Gasteiger partial charge in [-0.05, 0) is 51.2 Å². The van der Waals surface area contributed by atoms with Gasteiger partial charge in [-0.15, -0.1) is 11.3 Å². The van der Waals surface area contributed by atoms with Crippen LogP contribution in [0.4, 0.5) is 5.13 Å². The molecule has 1 aromatic heterocycles. The molecule has 23 heavy (non-hydrogen) atoms. The highest BCUT2D eigenvalue weighted by molar-refractivity contribution is 7.15. The van der Waals surface area contributed by atoms with Gasteiger partial charge in [-0.2, -0.15) is 0 Å². The molecular formula is C18H21N3OS. The Morgan fingerprint density at radius 2 is 2.00 bits per heavy atom. The molecule has 2 bridgehead atoms. The fourth-order valence-electron chi connectivity index (χ4n) is 4.56. The predicted octanol–water partition coefficient (Wildman–Crippen LogP) is 3.34. The smallest absolute Gasteiger partial charge is 0.251 e. The topological polar surface area (TPSA) is 68.0 Å². The van der Waals surface area contributed by atoms with E-state index in [9.17, 15) is 4.79 Å². The van der Waals surface area contributed by atoms with Crippen molar-refractivity contribution in [3.05, 3.63) is 46.0 Å². The zero-order valence-corrected chi connectivity index (χ0v) is 14.3. The van der Waals surface area contributed by atoms with Crippen LogP contribution in [-0.2, 0) is 5.41 Å². The molecule has 5 rings (SSSR count). The van der Waals surface area contributed by atoms with Gasteiger partial charge in [-0.1, -0.05) is 18.2 Å². The number of fused-ring (bicyclic) bond motifs is 1. The molecule has 1 aromatic carbocycles. The highest BCUT2D eigenvalue weighted by Gasteiger charge is 2.63. The van der Waals surface area contributed by atoms with Gasteiger partial charge in [0.05, 0.1) is 5.69 Å². The van der Waals surface area contributed by atoms with Gasteiger partial charge in [0.15, 0.2) is 5.13 Å². The maximum Gasteiger partial charge on any atom is 0.251 e. The molecule has 3 aliphatic carbocycles. The summed E-state index contributed by atoms with van der Waals surface area (Å²) in [5, 5.41) is 3.96. The maximum atomic E-state index is 12.6. The third-order valence-electron chi connectivity index (χ3n) is 5.52. The van der Waals surface area contributed by atoms with Gasteiger partial charge in [0.25, 0.3) is 5.91 Å². The Hall–Kier alpha value is -1.88. The molecular weight excluding hydrogens is 306 g/mol. The largest absolute Gasteiger partial charge is 0.375 e. The standard InChI is InChI=1S/C18H21N3OS/c1-11-5-3-4-6-13(11)15(22)21-18-8-7-17(9-18,10-18)14-12(2)23-16(19)20-14/h3-6H,7-10H2,1-2H3,(H2,19,20)(H,21,22). The zero-order valence-electron chi connectivity index (χ0n) is 13.5. The third-order valence-corrected chi connectivity index (χ3v) is 6.32. The van der Waals surface area contributed by atoms with Gasteiger partial charge >= 0.3 is 0 Å². The van der Waals surface area contributed by atoms with Gasteiger partial charge in [0, 0.05) is 21.4 Å². The van der Waals surface area contributed by atoms with Gasteiger partial charge in [0.2, 0.25) is 0 Å². The molecule has 0 unspecified atom stereocenters. The summed E-state index contributed by atoms with van der Waals surface area (Å²) in [6, 6.07) is 7.76. The molecule has 0 atom stereocenters. The summed E-state index contributed by atoms with van der Waals surface area (Å²) in [6.45, 7) is 4.08. The summed E-state index contributed by atoms with van der Waals surface area (Å²) < 4.78 is 0. The first-order valence-corrected chi connectivity index (χ1v) is 8.86. The van der Waals surface area contributed by atoms with Crippen LogP contribution in [0, 0.1) is 13.8 Å². The Balaban J connectivity index is 1.53. The highest BCUT2D eigenvalue weighted by Crippen LogP contribution is 2.63. The lowest BCUT2D eigenvalue weighted by molar-refractivity contribution is 0.0803. The minimum absolute atomic E-state index is 0.0492. The van der Waals surface area contributed by atoms with Crippen LogP contribution in [-0.4, -0.2) is 16.4 Å². The second-order valence-electron chi connectivity index (χ2n) is 7.14. The van der Waals surface area contributed by atoms with Crippen LogP contribution < -0.4 is 11.1 Å². The normalized spacial score (nSPS) is 28.4. The van der Waals surface area contributed by atoms with Crippen LogP contribution in [0.5, 0.6) is 0 Å². The van der Waals surface area contributed by atoms with E-state index >= 15 is 0 Å². The molecule has 0 saturated heterocycles. The van der Waals surface area contributed by atoms with Crippen LogP contribution >= 0.6 is 11.3 Å². The molecule has 4 nitrogen and oxygen atoms in total. The molecule has 0 spiro atoms. The number of thiazole rings is 1. The third kappa shape index (κ3) is 2.17. The van der Waals surface area contributed by atoms with Crippen molar-refractivity contribution in [2.75, 3.05) is 5.73 Å². The first-order valence-electron chi connectivity index (χ1n) is 8.05. The minimum atomic E-state index is -0.0514. The van der Waals surface area contributed by atoms with Gasteiger partial charge in [-0.25, -0.2) is 4.98 Å². The molecule has 2 aromatic rings. The van der Waals surface area contributed by atoms with Crippen LogP contribution in [0.2, 0.25) is 0 Å². The van der Waals surface area contributed by atoms with E-state index in [1.54, 1.807) is 11.3 Å². The minimum Gasteiger partial charge on any atom is -0.375 e. The average molecular weight is 327 g/mol. The quantitative estimate of drug-likeness (QED) is 0.908. The first kappa shape index (κ1) is 14.7. The lowest BCUT2D eigenvalue weighted by Crippen LogP contribution is -2.57. The number of nitrogen functional groups attached to an aromatic ring is 1. The van der Waals surface area contributed by atoms with E-state index in [0.717, 1.165) is 36.8 Å². The summed E-state index contributed by atoms with van der Waals surface area (Å²) in [6.07, 6.45) is 4.09. The SMILES string of the molecule is Cc1ccccc1C(=O)NC12CCC(c3nc(N)sc3C)(C1)C2. The van der Waals surface area contributed by atoms with E-state index in [-0.39, 0.29) is 16.9 Å². The number of anilines is 1. The lowest BCUT2D eigenvalue weighted by Gasteiger charge is -2.47. The van der Waals surface area contributed by atoms with Gasteiger partial charge < -0.3 is 11.1 Å². The van der Waals surface area contributed by atoms with E-state index in [1.165, 1.54) is 10.6 Å². The number of nitrogens with two attached hydrogens (primary N) is 1. The molecule has 3 saturated carbocycles. The number of carbonyl (C=O) groups is 1. The number of hydrogen-bond acceptors (Lipinski definition) is 4. The molecule has 1 amide bonds. The number of nitrogens with zero attached hydrogens (tertiary/aromatic N) is 1. The molecule has 3 N–H and O–H groups in total. The lowest BCUT2D eigenvalue weighted by atomic mass is 9.63. The summed E-state index contributed by atoms with van der Waals surface area (Å²) in [7, 11) is 0. The Bertz CT molecular complexity index is 789. The van der Waals surface area contributed by atoms with Crippen LogP contribution in [0.25, 0.3) is 0 Å². The van der Waals surface area contributed by atoms with Crippen molar-refractivity contribution in [1.82, 2.24) is 10.3 Å². The van der Waals surface area contributed by atoms with E-state index in [1.807, 2.05) is 31.2 Å². The van der Waals surface area contributed by atoms with Crippen molar-refractivity contribution in [3.8, 4) is 0 Å².